The van der Waals surface area contributed by atoms with E-state index in [1.54, 1.807) is 7.11 Å². The molecule has 1 aliphatic heterocycles. The van der Waals surface area contributed by atoms with E-state index in [0.29, 0.717) is 6.61 Å². The third-order valence-electron chi connectivity index (χ3n) is 3.02. The van der Waals surface area contributed by atoms with Crippen molar-refractivity contribution in [3.63, 3.8) is 0 Å². The van der Waals surface area contributed by atoms with Gasteiger partial charge in [0.1, 0.15) is 5.75 Å². The lowest BCUT2D eigenvalue weighted by Gasteiger charge is -2.24. The molecule has 88 valence electrons. The molecular formula is C13H19NO2. The van der Waals surface area contributed by atoms with Gasteiger partial charge in [0.2, 0.25) is 0 Å². The van der Waals surface area contributed by atoms with Crippen molar-refractivity contribution in [1.82, 2.24) is 5.32 Å². The van der Waals surface area contributed by atoms with Crippen molar-refractivity contribution >= 4 is 0 Å². The van der Waals surface area contributed by atoms with E-state index in [-0.39, 0.29) is 6.04 Å². The highest BCUT2D eigenvalue weighted by Crippen LogP contribution is 2.32. The van der Waals surface area contributed by atoms with Crippen molar-refractivity contribution in [3.8, 4) is 5.75 Å². The smallest absolute Gasteiger partial charge is 0.127 e. The average molecular weight is 221 g/mol. The summed E-state index contributed by atoms with van der Waals surface area (Å²) in [6, 6.07) is 6.57. The molecular weight excluding hydrogens is 202 g/mol. The van der Waals surface area contributed by atoms with E-state index in [1.165, 1.54) is 11.1 Å². The Hall–Kier alpha value is -1.06. The first-order chi connectivity index (χ1) is 7.86. The molecule has 0 saturated heterocycles. The van der Waals surface area contributed by atoms with E-state index in [9.17, 15) is 0 Å². The Morgan fingerprint density at radius 2 is 2.38 bits per heavy atom. The van der Waals surface area contributed by atoms with Crippen molar-refractivity contribution in [3.05, 3.63) is 29.3 Å². The minimum Gasteiger partial charge on any atom is -0.493 e. The molecule has 1 aliphatic rings. The average Bonchev–Trinajstić information content (AvgIpc) is 2.35. The number of aryl methyl sites for hydroxylation is 1. The molecule has 1 unspecified atom stereocenters. The molecule has 0 bridgehead atoms. The summed E-state index contributed by atoms with van der Waals surface area (Å²) >= 11 is 0. The maximum atomic E-state index is 5.79. The van der Waals surface area contributed by atoms with Gasteiger partial charge in [0.15, 0.2) is 0 Å². The van der Waals surface area contributed by atoms with Crippen LogP contribution in [-0.2, 0) is 11.2 Å². The second kappa shape index (κ2) is 5.32. The third kappa shape index (κ3) is 2.20. The molecule has 1 heterocycles. The van der Waals surface area contributed by atoms with Crippen LogP contribution in [0.1, 0.15) is 23.6 Å². The fourth-order valence-electron chi connectivity index (χ4n) is 2.18. The maximum Gasteiger partial charge on any atom is 0.127 e. The summed E-state index contributed by atoms with van der Waals surface area (Å²) in [6.45, 7) is 1.49. The second-order valence-electron chi connectivity index (χ2n) is 4.08. The largest absolute Gasteiger partial charge is 0.493 e. The molecule has 0 fully saturated rings. The highest BCUT2D eigenvalue weighted by atomic mass is 16.5. The molecule has 3 nitrogen and oxygen atoms in total. The van der Waals surface area contributed by atoms with E-state index in [0.717, 1.165) is 25.2 Å². The SMILES string of the molecule is CNC(COC)c1cccc2c1OCCC2. The van der Waals surface area contributed by atoms with E-state index >= 15 is 0 Å². The zero-order chi connectivity index (χ0) is 11.4. The van der Waals surface area contributed by atoms with E-state index in [1.807, 2.05) is 7.05 Å². The molecule has 0 radical (unpaired) electrons. The highest BCUT2D eigenvalue weighted by molar-refractivity contribution is 5.44. The topological polar surface area (TPSA) is 30.5 Å². The molecule has 0 aliphatic carbocycles. The molecule has 0 amide bonds. The predicted molar refractivity (Wildman–Crippen MR) is 63.9 cm³/mol. The quantitative estimate of drug-likeness (QED) is 0.842. The van der Waals surface area contributed by atoms with Gasteiger partial charge in [-0.2, -0.15) is 0 Å². The molecule has 2 rings (SSSR count). The zero-order valence-corrected chi connectivity index (χ0v) is 9.95. The van der Waals surface area contributed by atoms with E-state index < -0.39 is 0 Å². The molecule has 3 heteroatoms. The van der Waals surface area contributed by atoms with Crippen molar-refractivity contribution in [2.24, 2.45) is 0 Å². The number of hydrogen-bond donors (Lipinski definition) is 1. The fourth-order valence-corrected chi connectivity index (χ4v) is 2.18. The number of likely N-dealkylation sites (N-methyl/N-ethyl adjacent to an activating group) is 1. The number of ether oxygens (including phenoxy) is 2. The Morgan fingerprint density at radius 3 is 3.12 bits per heavy atom. The number of benzene rings is 1. The van der Waals surface area contributed by atoms with Crippen LogP contribution < -0.4 is 10.1 Å². The van der Waals surface area contributed by atoms with E-state index in [4.69, 9.17) is 9.47 Å². The van der Waals surface area contributed by atoms with Crippen LogP contribution in [0.25, 0.3) is 0 Å². The predicted octanol–water partition coefficient (Wildman–Crippen LogP) is 1.92. The normalized spacial score (nSPS) is 16.4. The Kier molecular flexibility index (Phi) is 3.80. The van der Waals surface area contributed by atoms with Gasteiger partial charge in [-0.05, 0) is 25.5 Å². The first kappa shape index (κ1) is 11.4. The van der Waals surface area contributed by atoms with Crippen LogP contribution in [0.2, 0.25) is 0 Å². The van der Waals surface area contributed by atoms with Crippen LogP contribution >= 0.6 is 0 Å². The van der Waals surface area contributed by atoms with Gasteiger partial charge >= 0.3 is 0 Å². The van der Waals surface area contributed by atoms with Crippen molar-refractivity contribution < 1.29 is 9.47 Å². The molecule has 1 N–H and O–H groups in total. The number of nitrogens with one attached hydrogen (secondary N) is 1. The molecule has 1 atom stereocenters. The van der Waals surface area contributed by atoms with Gasteiger partial charge in [0, 0.05) is 12.7 Å². The van der Waals surface area contributed by atoms with Gasteiger partial charge in [-0.1, -0.05) is 18.2 Å². The van der Waals surface area contributed by atoms with Gasteiger partial charge in [-0.25, -0.2) is 0 Å². The summed E-state index contributed by atoms with van der Waals surface area (Å²) in [5.41, 5.74) is 2.53. The Balaban J connectivity index is 2.31. The van der Waals surface area contributed by atoms with Gasteiger partial charge < -0.3 is 14.8 Å². The van der Waals surface area contributed by atoms with E-state index in [2.05, 4.69) is 23.5 Å². The molecule has 0 aromatic heterocycles. The van der Waals surface area contributed by atoms with Crippen molar-refractivity contribution in [2.45, 2.75) is 18.9 Å². The molecule has 0 spiro atoms. The Bertz CT molecular complexity index is 352. The van der Waals surface area contributed by atoms with Gasteiger partial charge in [-0.15, -0.1) is 0 Å². The lowest BCUT2D eigenvalue weighted by molar-refractivity contribution is 0.167. The van der Waals surface area contributed by atoms with Crippen LogP contribution in [0.5, 0.6) is 5.75 Å². The van der Waals surface area contributed by atoms with Crippen LogP contribution in [0, 0.1) is 0 Å². The van der Waals surface area contributed by atoms with Crippen molar-refractivity contribution in [2.75, 3.05) is 27.4 Å². The Labute approximate surface area is 96.8 Å². The summed E-state index contributed by atoms with van der Waals surface area (Å²) in [4.78, 5) is 0. The number of fused-ring (bicyclic) bond motifs is 1. The van der Waals surface area contributed by atoms with Crippen molar-refractivity contribution in [1.29, 1.82) is 0 Å². The van der Waals surface area contributed by atoms with Crippen LogP contribution in [0.15, 0.2) is 18.2 Å². The maximum absolute atomic E-state index is 5.79. The highest BCUT2D eigenvalue weighted by Gasteiger charge is 2.19. The zero-order valence-electron chi connectivity index (χ0n) is 9.95. The summed E-state index contributed by atoms with van der Waals surface area (Å²) in [5.74, 6) is 1.06. The summed E-state index contributed by atoms with van der Waals surface area (Å²) in [6.07, 6.45) is 2.23. The summed E-state index contributed by atoms with van der Waals surface area (Å²) in [7, 11) is 3.67. The third-order valence-corrected chi connectivity index (χ3v) is 3.02. The summed E-state index contributed by atoms with van der Waals surface area (Å²) in [5, 5.41) is 3.26. The monoisotopic (exact) mass is 221 g/mol. The molecule has 16 heavy (non-hydrogen) atoms. The fraction of sp³-hybridized carbons (Fsp3) is 0.538. The minimum atomic E-state index is 0.207. The van der Waals surface area contributed by atoms with Gasteiger partial charge in [0.05, 0.1) is 19.3 Å². The first-order valence-electron chi connectivity index (χ1n) is 5.77. The first-order valence-corrected chi connectivity index (χ1v) is 5.77. The standard InChI is InChI=1S/C13H19NO2/c1-14-12(9-15-2)11-7-3-5-10-6-4-8-16-13(10)11/h3,5,7,12,14H,4,6,8-9H2,1-2H3. The lowest BCUT2D eigenvalue weighted by Crippen LogP contribution is -2.23. The number of hydrogen-bond acceptors (Lipinski definition) is 3. The molecule has 0 saturated carbocycles. The molecule has 1 aromatic rings. The molecule has 1 aromatic carbocycles. The lowest BCUT2D eigenvalue weighted by atomic mass is 9.98. The van der Waals surface area contributed by atoms with Gasteiger partial charge in [-0.3, -0.25) is 0 Å². The minimum absolute atomic E-state index is 0.207. The number of rotatable bonds is 4. The van der Waals surface area contributed by atoms with Gasteiger partial charge in [0.25, 0.3) is 0 Å². The Morgan fingerprint density at radius 1 is 1.50 bits per heavy atom. The van der Waals surface area contributed by atoms with Crippen LogP contribution in [0.4, 0.5) is 0 Å². The number of methoxy groups -OCH3 is 1. The summed E-state index contributed by atoms with van der Waals surface area (Å²) < 4.78 is 11.0. The van der Waals surface area contributed by atoms with Crippen LogP contribution in [-0.4, -0.2) is 27.4 Å². The second-order valence-corrected chi connectivity index (χ2v) is 4.08. The number of para-hydroxylation sites is 1. The van der Waals surface area contributed by atoms with Crippen LogP contribution in [0.3, 0.4) is 0 Å².